The molecule has 2 aliphatic heterocycles. The number of carbonyl (C=O) groups excluding carboxylic acids is 2. The van der Waals surface area contributed by atoms with Crippen molar-refractivity contribution in [2.45, 2.75) is 26.3 Å². The van der Waals surface area contributed by atoms with E-state index in [1.54, 1.807) is 26.1 Å². The van der Waals surface area contributed by atoms with E-state index < -0.39 is 23.7 Å². The van der Waals surface area contributed by atoms with Crippen LogP contribution in [0.5, 0.6) is 0 Å². The molecule has 3 N–H and O–H groups in total. The summed E-state index contributed by atoms with van der Waals surface area (Å²) in [4.78, 5) is 25.0. The average Bonchev–Trinajstić information content (AvgIpc) is 2.68. The Balaban J connectivity index is 1.82. The van der Waals surface area contributed by atoms with Gasteiger partial charge in [0.15, 0.2) is 0 Å². The molecule has 29 heavy (non-hydrogen) atoms. The Hall–Kier alpha value is -3.91. The van der Waals surface area contributed by atoms with Crippen LogP contribution in [0.15, 0.2) is 52.9 Å². The summed E-state index contributed by atoms with van der Waals surface area (Å²) in [7, 11) is 0. The number of rotatable bonds is 4. The first kappa shape index (κ1) is 19.8. The fourth-order valence-electron chi connectivity index (χ4n) is 3.27. The molecule has 0 saturated carbocycles. The van der Waals surface area contributed by atoms with Crippen LogP contribution in [0.3, 0.4) is 0 Å². The zero-order chi connectivity index (χ0) is 21.1. The minimum atomic E-state index is -0.685. The predicted octanol–water partition coefficient (Wildman–Crippen LogP) is 2.14. The van der Waals surface area contributed by atoms with E-state index in [2.05, 4.69) is 16.0 Å². The zero-order valence-electron chi connectivity index (χ0n) is 15.8. The van der Waals surface area contributed by atoms with Crippen molar-refractivity contribution in [1.82, 2.24) is 16.0 Å². The number of nitriles is 2. The molecule has 0 spiro atoms. The molecule has 1 radical (unpaired) electrons. The van der Waals surface area contributed by atoms with Gasteiger partial charge in [0.2, 0.25) is 11.8 Å². The lowest BCUT2D eigenvalue weighted by atomic mass is 9.86. The lowest BCUT2D eigenvalue weighted by Crippen LogP contribution is -2.40. The third-order valence-electron chi connectivity index (χ3n) is 4.69. The largest absolute Gasteiger partial charge is 0.365 e. The van der Waals surface area contributed by atoms with Crippen LogP contribution in [0, 0.1) is 34.5 Å². The molecule has 8 heteroatoms. The first-order valence-corrected chi connectivity index (χ1v) is 8.80. The van der Waals surface area contributed by atoms with Gasteiger partial charge in [0.05, 0.1) is 29.7 Å². The van der Waals surface area contributed by atoms with E-state index in [0.29, 0.717) is 17.3 Å². The summed E-state index contributed by atoms with van der Waals surface area (Å²) < 4.78 is 14.2. The van der Waals surface area contributed by atoms with Gasteiger partial charge in [-0.15, -0.1) is 0 Å². The van der Waals surface area contributed by atoms with Gasteiger partial charge in [-0.05, 0) is 38.3 Å². The number of carbonyl (C=O) groups is 2. The van der Waals surface area contributed by atoms with Gasteiger partial charge in [-0.3, -0.25) is 9.59 Å². The molecule has 0 unspecified atom stereocenters. The topological polar surface area (TPSA) is 118 Å². The van der Waals surface area contributed by atoms with Crippen molar-refractivity contribution in [1.29, 1.82) is 10.5 Å². The first-order chi connectivity index (χ1) is 13.8. The Bertz CT molecular complexity index is 1070. The number of hydrogen-bond donors (Lipinski definition) is 3. The number of nitrogens with zero attached hydrogens (tertiary/aromatic N) is 2. The van der Waals surface area contributed by atoms with Gasteiger partial charge in [0, 0.05) is 22.4 Å². The van der Waals surface area contributed by atoms with Gasteiger partial charge >= 0.3 is 0 Å². The van der Waals surface area contributed by atoms with Crippen LogP contribution in [0.4, 0.5) is 4.39 Å². The van der Waals surface area contributed by atoms with E-state index in [4.69, 9.17) is 5.26 Å². The van der Waals surface area contributed by atoms with E-state index in [9.17, 15) is 19.2 Å². The Morgan fingerprint density at radius 3 is 2.72 bits per heavy atom. The standard InChI is InChI=1S/C21H17FN5O2/c1-11(14-4-3-13(9-23)7-17(14)22)26-19(28)8-15-16(10-24)20-12(2)25-6-5-18(20)27-21(15)29/h3-7,11,25H,8H2,1-2H3,(H,26,28)(H,27,29)/t11-/m0/s1. The molecule has 0 saturated heterocycles. The number of nitrogens with one attached hydrogen (secondary N) is 3. The SMILES string of the molecule is CC1=C2[C](C=CN1)NC(=O)C(CC(=O)N[C@@H](C)c1ccc(C#N)cc1F)=C2C#N. The normalized spacial score (nSPS) is 16.9. The Labute approximate surface area is 167 Å². The van der Waals surface area contributed by atoms with E-state index >= 15 is 0 Å². The molecule has 2 aliphatic rings. The van der Waals surface area contributed by atoms with Crippen LogP contribution >= 0.6 is 0 Å². The smallest absolute Gasteiger partial charge is 0.250 e. The highest BCUT2D eigenvalue weighted by Gasteiger charge is 2.34. The molecule has 3 rings (SSSR count). The van der Waals surface area contributed by atoms with Crippen molar-refractivity contribution in [3.8, 4) is 12.1 Å². The second kappa shape index (κ2) is 7.99. The van der Waals surface area contributed by atoms with Gasteiger partial charge in [0.1, 0.15) is 17.9 Å². The van der Waals surface area contributed by atoms with Crippen LogP contribution in [0.1, 0.15) is 37.4 Å². The fraction of sp³-hybridized carbons (Fsp3) is 0.190. The maximum atomic E-state index is 14.2. The molecular formula is C21H17FN5O2. The summed E-state index contributed by atoms with van der Waals surface area (Å²) >= 11 is 0. The fourth-order valence-corrected chi connectivity index (χ4v) is 3.27. The molecule has 0 aromatic heterocycles. The minimum absolute atomic E-state index is 0.0488. The Kier molecular flexibility index (Phi) is 5.47. The number of allylic oxidation sites excluding steroid dienone is 1. The molecule has 0 bridgehead atoms. The molecule has 2 heterocycles. The van der Waals surface area contributed by atoms with Crippen LogP contribution < -0.4 is 16.0 Å². The number of benzene rings is 1. The highest BCUT2D eigenvalue weighted by atomic mass is 19.1. The van der Waals surface area contributed by atoms with Gasteiger partial charge < -0.3 is 16.0 Å². The second-order valence-corrected chi connectivity index (χ2v) is 6.62. The zero-order valence-corrected chi connectivity index (χ0v) is 15.8. The predicted molar refractivity (Wildman–Crippen MR) is 101 cm³/mol. The summed E-state index contributed by atoms with van der Waals surface area (Å²) in [5.41, 5.74) is 1.81. The maximum Gasteiger partial charge on any atom is 0.250 e. The molecule has 0 aliphatic carbocycles. The molecule has 2 amide bonds. The van der Waals surface area contributed by atoms with Crippen molar-refractivity contribution in [2.24, 2.45) is 0 Å². The highest BCUT2D eigenvalue weighted by Crippen LogP contribution is 2.33. The van der Waals surface area contributed by atoms with Crippen molar-refractivity contribution < 1.29 is 14.0 Å². The maximum absolute atomic E-state index is 14.2. The van der Waals surface area contributed by atoms with E-state index in [1.165, 1.54) is 12.1 Å². The quantitative estimate of drug-likeness (QED) is 0.728. The lowest BCUT2D eigenvalue weighted by Gasteiger charge is -2.29. The monoisotopic (exact) mass is 390 g/mol. The summed E-state index contributed by atoms with van der Waals surface area (Å²) in [6, 6.07) is 7.67. The average molecular weight is 390 g/mol. The second-order valence-electron chi connectivity index (χ2n) is 6.62. The van der Waals surface area contributed by atoms with Crippen LogP contribution in [-0.2, 0) is 9.59 Å². The van der Waals surface area contributed by atoms with Crippen molar-refractivity contribution in [3.05, 3.63) is 75.9 Å². The number of fused-ring (bicyclic) bond motifs is 1. The minimum Gasteiger partial charge on any atom is -0.365 e. The van der Waals surface area contributed by atoms with Gasteiger partial charge in [-0.1, -0.05) is 6.07 Å². The Morgan fingerprint density at radius 1 is 1.31 bits per heavy atom. The Morgan fingerprint density at radius 2 is 2.07 bits per heavy atom. The molecule has 1 atom stereocenters. The third kappa shape index (κ3) is 3.87. The molecule has 1 aromatic carbocycles. The lowest BCUT2D eigenvalue weighted by molar-refractivity contribution is -0.123. The van der Waals surface area contributed by atoms with E-state index in [1.807, 2.05) is 12.1 Å². The first-order valence-electron chi connectivity index (χ1n) is 8.80. The van der Waals surface area contributed by atoms with Crippen molar-refractivity contribution in [2.75, 3.05) is 0 Å². The van der Waals surface area contributed by atoms with E-state index in [-0.39, 0.29) is 28.7 Å². The summed E-state index contributed by atoms with van der Waals surface area (Å²) in [6.07, 6.45) is 2.96. The van der Waals surface area contributed by atoms with E-state index in [0.717, 1.165) is 6.07 Å². The van der Waals surface area contributed by atoms with Crippen LogP contribution in [-0.4, -0.2) is 11.8 Å². The highest BCUT2D eigenvalue weighted by molar-refractivity contribution is 6.04. The summed E-state index contributed by atoms with van der Waals surface area (Å²) in [5.74, 6) is -1.66. The van der Waals surface area contributed by atoms with Gasteiger partial charge in [-0.25, -0.2) is 4.39 Å². The summed E-state index contributed by atoms with van der Waals surface area (Å²) in [5, 5.41) is 26.7. The molecule has 1 aromatic rings. The summed E-state index contributed by atoms with van der Waals surface area (Å²) in [6.45, 7) is 3.36. The van der Waals surface area contributed by atoms with Crippen molar-refractivity contribution >= 4 is 11.8 Å². The molecular weight excluding hydrogens is 373 g/mol. The molecule has 7 nitrogen and oxygen atoms in total. The van der Waals surface area contributed by atoms with Crippen molar-refractivity contribution in [3.63, 3.8) is 0 Å². The molecule has 0 fully saturated rings. The third-order valence-corrected chi connectivity index (χ3v) is 4.69. The van der Waals surface area contributed by atoms with Gasteiger partial charge in [0.25, 0.3) is 0 Å². The van der Waals surface area contributed by atoms with Crippen LogP contribution in [0.25, 0.3) is 0 Å². The molecule has 145 valence electrons. The number of dihydropyridines is 1. The number of amides is 2. The van der Waals surface area contributed by atoms with Gasteiger partial charge in [-0.2, -0.15) is 10.5 Å². The number of hydrogen-bond acceptors (Lipinski definition) is 5. The number of halogens is 1. The van der Waals surface area contributed by atoms with Crippen LogP contribution in [0.2, 0.25) is 0 Å².